The molecule has 3 heteroatoms. The van der Waals surface area contributed by atoms with E-state index in [9.17, 15) is 4.39 Å². The van der Waals surface area contributed by atoms with E-state index in [4.69, 9.17) is 0 Å². The number of benzene rings is 1. The number of rotatable bonds is 1. The van der Waals surface area contributed by atoms with Crippen LogP contribution in [0.3, 0.4) is 0 Å². The Hall–Kier alpha value is -0.410. The molecule has 1 aromatic carbocycles. The molecule has 0 saturated heterocycles. The highest BCUT2D eigenvalue weighted by molar-refractivity contribution is 9.10. The van der Waals surface area contributed by atoms with Gasteiger partial charge in [-0.25, -0.2) is 4.39 Å². The van der Waals surface area contributed by atoms with Gasteiger partial charge in [-0.05, 0) is 22.9 Å². The summed E-state index contributed by atoms with van der Waals surface area (Å²) in [6.45, 7) is -0.373. The van der Waals surface area contributed by atoms with Gasteiger partial charge in [-0.3, -0.25) is 0 Å². The molecule has 0 spiro atoms. The van der Waals surface area contributed by atoms with Crippen LogP contribution in [0.2, 0.25) is 0 Å². The van der Waals surface area contributed by atoms with Crippen molar-refractivity contribution in [1.29, 1.82) is 0 Å². The van der Waals surface area contributed by atoms with Crippen LogP contribution in [-0.2, 0) is 6.67 Å². The SMILES string of the molecule is FCc1csc2cc(Br)ccc12. The third-order valence-electron chi connectivity index (χ3n) is 1.76. The third-order valence-corrected chi connectivity index (χ3v) is 3.25. The zero-order valence-corrected chi connectivity index (χ0v) is 8.58. The smallest absolute Gasteiger partial charge is 0.116 e. The van der Waals surface area contributed by atoms with Gasteiger partial charge in [0.25, 0.3) is 0 Å². The van der Waals surface area contributed by atoms with Crippen LogP contribution in [0.5, 0.6) is 0 Å². The van der Waals surface area contributed by atoms with Gasteiger partial charge in [-0.15, -0.1) is 11.3 Å². The zero-order valence-electron chi connectivity index (χ0n) is 6.18. The molecule has 1 heterocycles. The van der Waals surface area contributed by atoms with Crippen LogP contribution >= 0.6 is 27.3 Å². The van der Waals surface area contributed by atoms with Crippen LogP contribution in [0.15, 0.2) is 28.1 Å². The molecule has 0 radical (unpaired) electrons. The van der Waals surface area contributed by atoms with E-state index in [1.54, 1.807) is 11.3 Å². The predicted octanol–water partition coefficient (Wildman–Crippen LogP) is 4.13. The zero-order chi connectivity index (χ0) is 8.55. The fourth-order valence-electron chi connectivity index (χ4n) is 1.16. The molecule has 0 aliphatic carbocycles. The molecular formula is C9H6BrFS. The van der Waals surface area contributed by atoms with Gasteiger partial charge >= 0.3 is 0 Å². The van der Waals surface area contributed by atoms with Crippen molar-refractivity contribution in [3.63, 3.8) is 0 Å². The van der Waals surface area contributed by atoms with E-state index >= 15 is 0 Å². The van der Waals surface area contributed by atoms with E-state index in [0.29, 0.717) is 0 Å². The maximum absolute atomic E-state index is 12.4. The van der Waals surface area contributed by atoms with Gasteiger partial charge in [0.1, 0.15) is 6.67 Å². The van der Waals surface area contributed by atoms with Crippen LogP contribution in [0.1, 0.15) is 5.56 Å². The van der Waals surface area contributed by atoms with E-state index < -0.39 is 0 Å². The van der Waals surface area contributed by atoms with Gasteiger partial charge < -0.3 is 0 Å². The van der Waals surface area contributed by atoms with Crippen molar-refractivity contribution in [2.45, 2.75) is 6.67 Å². The van der Waals surface area contributed by atoms with Crippen molar-refractivity contribution >= 4 is 37.4 Å². The topological polar surface area (TPSA) is 0 Å². The van der Waals surface area contributed by atoms with E-state index in [2.05, 4.69) is 15.9 Å². The summed E-state index contributed by atoms with van der Waals surface area (Å²) in [4.78, 5) is 0. The van der Waals surface area contributed by atoms with Crippen LogP contribution in [0.4, 0.5) is 4.39 Å². The maximum Gasteiger partial charge on any atom is 0.116 e. The Bertz CT molecular complexity index is 408. The number of hydrogen-bond donors (Lipinski definition) is 0. The molecule has 0 bridgehead atoms. The minimum atomic E-state index is -0.373. The molecule has 0 saturated carbocycles. The fourth-order valence-corrected chi connectivity index (χ4v) is 2.65. The molecule has 0 atom stereocenters. The molecule has 2 rings (SSSR count). The largest absolute Gasteiger partial charge is 0.246 e. The molecule has 0 aliphatic heterocycles. The van der Waals surface area contributed by atoms with Crippen LogP contribution in [0.25, 0.3) is 10.1 Å². The summed E-state index contributed by atoms with van der Waals surface area (Å²) >= 11 is 4.96. The fraction of sp³-hybridized carbons (Fsp3) is 0.111. The van der Waals surface area contributed by atoms with Crippen LogP contribution < -0.4 is 0 Å². The Kier molecular flexibility index (Phi) is 2.15. The summed E-state index contributed by atoms with van der Waals surface area (Å²) in [5, 5.41) is 2.91. The van der Waals surface area contributed by atoms with Gasteiger partial charge in [0.15, 0.2) is 0 Å². The first-order valence-corrected chi connectivity index (χ1v) is 5.20. The molecule has 0 N–H and O–H groups in total. The van der Waals surface area contributed by atoms with Crippen molar-refractivity contribution < 1.29 is 4.39 Å². The predicted molar refractivity (Wildman–Crippen MR) is 54.3 cm³/mol. The summed E-state index contributed by atoms with van der Waals surface area (Å²) in [6.07, 6.45) is 0. The van der Waals surface area contributed by atoms with Gasteiger partial charge in [-0.2, -0.15) is 0 Å². The Morgan fingerprint density at radius 2 is 2.25 bits per heavy atom. The van der Waals surface area contributed by atoms with Gasteiger partial charge in [0.05, 0.1) is 0 Å². The Morgan fingerprint density at radius 1 is 1.42 bits per heavy atom. The lowest BCUT2D eigenvalue weighted by atomic mass is 10.2. The highest BCUT2D eigenvalue weighted by Crippen LogP contribution is 2.29. The van der Waals surface area contributed by atoms with Gasteiger partial charge in [-0.1, -0.05) is 22.0 Å². The summed E-state index contributed by atoms with van der Waals surface area (Å²) in [5.74, 6) is 0. The second-order valence-electron chi connectivity index (χ2n) is 2.54. The lowest BCUT2D eigenvalue weighted by molar-refractivity contribution is 0.488. The van der Waals surface area contributed by atoms with E-state index in [-0.39, 0.29) is 6.67 Å². The Balaban J connectivity index is 2.73. The Labute approximate surface area is 82.2 Å². The standard InChI is InChI=1S/C9H6BrFS/c10-7-1-2-8-6(4-11)5-12-9(8)3-7/h1-3,5H,4H2. The molecule has 2 aromatic rings. The maximum atomic E-state index is 12.4. The first kappa shape index (κ1) is 8.20. The highest BCUT2D eigenvalue weighted by atomic mass is 79.9. The molecule has 0 nitrogen and oxygen atoms in total. The molecule has 62 valence electrons. The first-order chi connectivity index (χ1) is 5.81. The minimum absolute atomic E-state index is 0.373. The van der Waals surface area contributed by atoms with Crippen LogP contribution in [-0.4, -0.2) is 0 Å². The summed E-state index contributed by atoms with van der Waals surface area (Å²) < 4.78 is 14.6. The first-order valence-electron chi connectivity index (χ1n) is 3.53. The normalized spacial score (nSPS) is 10.8. The molecule has 1 aromatic heterocycles. The lowest BCUT2D eigenvalue weighted by Gasteiger charge is -1.92. The van der Waals surface area contributed by atoms with Crippen molar-refractivity contribution in [2.24, 2.45) is 0 Å². The second-order valence-corrected chi connectivity index (χ2v) is 4.36. The molecule has 0 amide bonds. The van der Waals surface area contributed by atoms with E-state index in [0.717, 1.165) is 20.1 Å². The summed E-state index contributed by atoms with van der Waals surface area (Å²) in [7, 11) is 0. The second kappa shape index (κ2) is 3.15. The number of halogens is 2. The lowest BCUT2D eigenvalue weighted by Crippen LogP contribution is -1.72. The minimum Gasteiger partial charge on any atom is -0.246 e. The number of hydrogen-bond acceptors (Lipinski definition) is 1. The summed E-state index contributed by atoms with van der Waals surface area (Å²) in [5.41, 5.74) is 0.794. The average Bonchev–Trinajstić information content (AvgIpc) is 2.46. The Morgan fingerprint density at radius 3 is 3.00 bits per heavy atom. The van der Waals surface area contributed by atoms with E-state index in [1.165, 1.54) is 0 Å². The van der Waals surface area contributed by atoms with Crippen molar-refractivity contribution in [3.05, 3.63) is 33.6 Å². The number of thiophene rings is 1. The van der Waals surface area contributed by atoms with Crippen molar-refractivity contribution in [1.82, 2.24) is 0 Å². The number of fused-ring (bicyclic) bond motifs is 1. The van der Waals surface area contributed by atoms with Crippen LogP contribution in [0, 0.1) is 0 Å². The molecule has 0 fully saturated rings. The van der Waals surface area contributed by atoms with Gasteiger partial charge in [0.2, 0.25) is 0 Å². The van der Waals surface area contributed by atoms with Gasteiger partial charge in [0, 0.05) is 14.7 Å². The van der Waals surface area contributed by atoms with Crippen molar-refractivity contribution in [2.75, 3.05) is 0 Å². The summed E-state index contributed by atoms with van der Waals surface area (Å²) in [6, 6.07) is 5.90. The third kappa shape index (κ3) is 1.27. The number of alkyl halides is 1. The molecule has 12 heavy (non-hydrogen) atoms. The van der Waals surface area contributed by atoms with E-state index in [1.807, 2.05) is 23.6 Å². The highest BCUT2D eigenvalue weighted by Gasteiger charge is 2.02. The van der Waals surface area contributed by atoms with Crippen molar-refractivity contribution in [3.8, 4) is 0 Å². The average molecular weight is 245 g/mol. The monoisotopic (exact) mass is 244 g/mol. The molecule has 0 aliphatic rings. The molecule has 0 unspecified atom stereocenters. The molecular weight excluding hydrogens is 239 g/mol. The quantitative estimate of drug-likeness (QED) is 0.708.